The third-order valence-corrected chi connectivity index (χ3v) is 2.55. The molecule has 0 radical (unpaired) electrons. The molecule has 1 rings (SSSR count). The van der Waals surface area contributed by atoms with Crippen LogP contribution in [0.1, 0.15) is 39.3 Å². The molecule has 0 saturated heterocycles. The van der Waals surface area contributed by atoms with Crippen molar-refractivity contribution in [3.05, 3.63) is 33.8 Å². The zero-order valence-electron chi connectivity index (χ0n) is 9.97. The van der Waals surface area contributed by atoms with Crippen molar-refractivity contribution >= 4 is 23.2 Å². The van der Waals surface area contributed by atoms with Gasteiger partial charge in [-0.3, -0.25) is 4.84 Å². The van der Waals surface area contributed by atoms with Gasteiger partial charge >= 0.3 is 0 Å². The molecule has 1 aromatic rings. The van der Waals surface area contributed by atoms with Gasteiger partial charge < -0.3 is 0 Å². The van der Waals surface area contributed by atoms with E-state index in [0.717, 1.165) is 5.56 Å². The highest BCUT2D eigenvalue weighted by Crippen LogP contribution is 2.26. The van der Waals surface area contributed by atoms with Crippen LogP contribution >= 0.6 is 23.2 Å². The van der Waals surface area contributed by atoms with Crippen molar-refractivity contribution < 1.29 is 4.84 Å². The molecule has 0 heterocycles. The second kappa shape index (κ2) is 5.37. The lowest BCUT2D eigenvalue weighted by Gasteiger charge is -2.23. The molecule has 0 amide bonds. The van der Waals surface area contributed by atoms with E-state index >= 15 is 0 Å². The van der Waals surface area contributed by atoms with Gasteiger partial charge in [0.05, 0.1) is 11.6 Å². The molecule has 0 aliphatic carbocycles. The monoisotopic (exact) mass is 261 g/mol. The topological polar surface area (TPSA) is 21.3 Å². The SMILES string of the molecule is CC(NOC(C)(C)C)c1cc(Cl)ccc1Cl. The lowest BCUT2D eigenvalue weighted by Crippen LogP contribution is -2.31. The molecule has 4 heteroatoms. The first-order chi connectivity index (χ1) is 7.29. The number of nitrogens with one attached hydrogen (secondary N) is 1. The van der Waals surface area contributed by atoms with Crippen LogP contribution in [0.25, 0.3) is 0 Å². The maximum absolute atomic E-state index is 6.09. The van der Waals surface area contributed by atoms with Gasteiger partial charge in [0.1, 0.15) is 0 Å². The van der Waals surface area contributed by atoms with Crippen LogP contribution in [0.2, 0.25) is 10.0 Å². The number of benzene rings is 1. The summed E-state index contributed by atoms with van der Waals surface area (Å²) in [5.41, 5.74) is 3.66. The zero-order valence-corrected chi connectivity index (χ0v) is 11.5. The molecule has 0 fully saturated rings. The van der Waals surface area contributed by atoms with Gasteiger partial charge in [-0.05, 0) is 51.5 Å². The first-order valence-electron chi connectivity index (χ1n) is 5.18. The van der Waals surface area contributed by atoms with E-state index in [9.17, 15) is 0 Å². The van der Waals surface area contributed by atoms with Gasteiger partial charge in [-0.15, -0.1) is 0 Å². The minimum Gasteiger partial charge on any atom is -0.296 e. The molecule has 1 N–H and O–H groups in total. The minimum atomic E-state index is -0.237. The highest BCUT2D eigenvalue weighted by atomic mass is 35.5. The van der Waals surface area contributed by atoms with Gasteiger partial charge in [0, 0.05) is 10.0 Å². The molecule has 90 valence electrons. The molecule has 2 nitrogen and oxygen atoms in total. The summed E-state index contributed by atoms with van der Waals surface area (Å²) in [6.07, 6.45) is 0. The molecule has 0 aliphatic rings. The van der Waals surface area contributed by atoms with Gasteiger partial charge in [-0.25, -0.2) is 0 Å². The lowest BCUT2D eigenvalue weighted by atomic mass is 10.1. The van der Waals surface area contributed by atoms with Gasteiger partial charge in [-0.1, -0.05) is 23.2 Å². The third-order valence-electron chi connectivity index (χ3n) is 1.97. The standard InChI is InChI=1S/C12H17Cl2NO/c1-8(15-16-12(2,3)4)10-7-9(13)5-6-11(10)14/h5-8,15H,1-4H3. The van der Waals surface area contributed by atoms with Gasteiger partial charge in [0.25, 0.3) is 0 Å². The summed E-state index contributed by atoms with van der Waals surface area (Å²) in [7, 11) is 0. The summed E-state index contributed by atoms with van der Waals surface area (Å²) in [6.45, 7) is 7.91. The van der Waals surface area contributed by atoms with E-state index in [1.807, 2.05) is 33.8 Å². The van der Waals surface area contributed by atoms with Crippen molar-refractivity contribution in [3.8, 4) is 0 Å². The van der Waals surface area contributed by atoms with Crippen LogP contribution in [0, 0.1) is 0 Å². The Morgan fingerprint density at radius 2 is 1.88 bits per heavy atom. The molecule has 0 aliphatic heterocycles. The maximum atomic E-state index is 6.09. The predicted octanol–water partition coefficient (Wildman–Crippen LogP) is 4.37. The van der Waals surface area contributed by atoms with Crippen molar-refractivity contribution in [2.45, 2.75) is 39.3 Å². The summed E-state index contributed by atoms with van der Waals surface area (Å²) in [6, 6.07) is 5.39. The molecule has 0 aromatic heterocycles. The van der Waals surface area contributed by atoms with E-state index in [4.69, 9.17) is 28.0 Å². The fourth-order valence-corrected chi connectivity index (χ4v) is 1.64. The van der Waals surface area contributed by atoms with Crippen LogP contribution < -0.4 is 5.48 Å². The van der Waals surface area contributed by atoms with Crippen molar-refractivity contribution in [3.63, 3.8) is 0 Å². The Morgan fingerprint density at radius 3 is 2.44 bits per heavy atom. The fraction of sp³-hybridized carbons (Fsp3) is 0.500. The third kappa shape index (κ3) is 4.30. The zero-order chi connectivity index (χ0) is 12.3. The molecule has 16 heavy (non-hydrogen) atoms. The second-order valence-corrected chi connectivity index (χ2v) is 5.56. The Balaban J connectivity index is 2.73. The predicted molar refractivity (Wildman–Crippen MR) is 68.9 cm³/mol. The summed E-state index contributed by atoms with van der Waals surface area (Å²) < 4.78 is 0. The maximum Gasteiger partial charge on any atom is 0.0813 e. The Morgan fingerprint density at radius 1 is 1.25 bits per heavy atom. The number of halogens is 2. The fourth-order valence-electron chi connectivity index (χ4n) is 1.18. The number of hydrogen-bond acceptors (Lipinski definition) is 2. The van der Waals surface area contributed by atoms with Crippen LogP contribution in [0.4, 0.5) is 0 Å². The van der Waals surface area contributed by atoms with E-state index in [1.165, 1.54) is 0 Å². The first kappa shape index (κ1) is 13.8. The van der Waals surface area contributed by atoms with Gasteiger partial charge in [-0.2, -0.15) is 5.48 Å². The number of rotatable bonds is 3. The smallest absolute Gasteiger partial charge is 0.0813 e. The normalized spacial score (nSPS) is 13.9. The molecule has 0 bridgehead atoms. The molecule has 0 spiro atoms. The molecule has 1 aromatic carbocycles. The Hall–Kier alpha value is -0.280. The van der Waals surface area contributed by atoms with Gasteiger partial charge in [0.15, 0.2) is 0 Å². The number of hydrogen-bond donors (Lipinski definition) is 1. The van der Waals surface area contributed by atoms with Crippen LogP contribution in [-0.4, -0.2) is 5.60 Å². The summed E-state index contributed by atoms with van der Waals surface area (Å²) >= 11 is 12.0. The van der Waals surface area contributed by atoms with E-state index in [0.29, 0.717) is 10.0 Å². The van der Waals surface area contributed by atoms with E-state index < -0.39 is 0 Å². The lowest BCUT2D eigenvalue weighted by molar-refractivity contribution is -0.0866. The molecule has 1 atom stereocenters. The summed E-state index contributed by atoms with van der Waals surface area (Å²) in [5, 5.41) is 1.35. The quantitative estimate of drug-likeness (QED) is 0.816. The summed E-state index contributed by atoms with van der Waals surface area (Å²) in [4.78, 5) is 5.49. The van der Waals surface area contributed by atoms with Crippen molar-refractivity contribution in [1.29, 1.82) is 0 Å². The van der Waals surface area contributed by atoms with Gasteiger partial charge in [0.2, 0.25) is 0 Å². The number of hydroxylamine groups is 1. The second-order valence-electron chi connectivity index (χ2n) is 4.72. The highest BCUT2D eigenvalue weighted by Gasteiger charge is 2.15. The van der Waals surface area contributed by atoms with E-state index in [1.54, 1.807) is 12.1 Å². The largest absolute Gasteiger partial charge is 0.296 e. The Labute approximate surface area is 107 Å². The highest BCUT2D eigenvalue weighted by molar-refractivity contribution is 6.33. The van der Waals surface area contributed by atoms with Crippen LogP contribution in [0.5, 0.6) is 0 Å². The Kier molecular flexibility index (Phi) is 4.62. The van der Waals surface area contributed by atoms with E-state index in [-0.39, 0.29) is 11.6 Å². The average Bonchev–Trinajstić information content (AvgIpc) is 2.17. The molecular formula is C12H17Cl2NO. The average molecular weight is 262 g/mol. The van der Waals surface area contributed by atoms with Crippen LogP contribution in [0.3, 0.4) is 0 Å². The van der Waals surface area contributed by atoms with Crippen LogP contribution in [-0.2, 0) is 4.84 Å². The molecule has 0 saturated carbocycles. The first-order valence-corrected chi connectivity index (χ1v) is 5.93. The summed E-state index contributed by atoms with van der Waals surface area (Å²) in [5.74, 6) is 0. The van der Waals surface area contributed by atoms with Crippen molar-refractivity contribution in [1.82, 2.24) is 5.48 Å². The van der Waals surface area contributed by atoms with Crippen molar-refractivity contribution in [2.75, 3.05) is 0 Å². The van der Waals surface area contributed by atoms with Crippen LogP contribution in [0.15, 0.2) is 18.2 Å². The molecular weight excluding hydrogens is 245 g/mol. The molecule has 1 unspecified atom stereocenters. The van der Waals surface area contributed by atoms with Crippen molar-refractivity contribution in [2.24, 2.45) is 0 Å². The minimum absolute atomic E-state index is 0.00887. The Bertz CT molecular complexity index is 361. The van der Waals surface area contributed by atoms with E-state index in [2.05, 4.69) is 5.48 Å².